The summed E-state index contributed by atoms with van der Waals surface area (Å²) in [6.45, 7) is 1.49. The summed E-state index contributed by atoms with van der Waals surface area (Å²) in [4.78, 5) is 26.9. The molecular formula is C12H19N3O5. The molecule has 0 aliphatic carbocycles. The molecule has 0 radical (unpaired) electrons. The predicted molar refractivity (Wildman–Crippen MR) is 67.6 cm³/mol. The largest absolute Gasteiger partial charge is 0.467 e. The smallest absolute Gasteiger partial charge is 0.330 e. The molecule has 8 nitrogen and oxygen atoms in total. The number of aliphatic hydroxyl groups excluding tert-OH is 1. The van der Waals surface area contributed by atoms with Crippen LogP contribution in [-0.4, -0.2) is 46.9 Å². The van der Waals surface area contributed by atoms with Crippen molar-refractivity contribution in [3.8, 4) is 0 Å². The van der Waals surface area contributed by atoms with Crippen LogP contribution in [0.25, 0.3) is 0 Å². The number of aromatic nitrogens is 2. The van der Waals surface area contributed by atoms with Crippen LogP contribution in [0.2, 0.25) is 0 Å². The Labute approximate surface area is 116 Å². The number of rotatable bonds is 8. The third-order valence-electron chi connectivity index (χ3n) is 2.55. The first kappa shape index (κ1) is 16.1. The molecule has 1 atom stereocenters. The lowest BCUT2D eigenvalue weighted by atomic mass is 10.2. The summed E-state index contributed by atoms with van der Waals surface area (Å²) in [5, 5.41) is 15.1. The van der Waals surface area contributed by atoms with E-state index in [2.05, 4.69) is 20.2 Å². The van der Waals surface area contributed by atoms with E-state index in [1.54, 1.807) is 0 Å². The summed E-state index contributed by atoms with van der Waals surface area (Å²) in [6, 6.07) is -1.05. The minimum atomic E-state index is -1.05. The summed E-state index contributed by atoms with van der Waals surface area (Å²) in [5.74, 6) is -0.0958. The fourth-order valence-corrected chi connectivity index (χ4v) is 1.53. The zero-order valence-corrected chi connectivity index (χ0v) is 11.6. The number of hydrogen-bond acceptors (Lipinski definition) is 7. The van der Waals surface area contributed by atoms with Gasteiger partial charge in [0.15, 0.2) is 11.9 Å². The van der Waals surface area contributed by atoms with E-state index in [1.165, 1.54) is 7.11 Å². The molecule has 0 spiro atoms. The molecule has 0 bridgehead atoms. The molecule has 1 amide bonds. The number of amides is 1. The second-order valence-electron chi connectivity index (χ2n) is 4.18. The van der Waals surface area contributed by atoms with Gasteiger partial charge in [0.1, 0.15) is 0 Å². The van der Waals surface area contributed by atoms with Crippen molar-refractivity contribution in [2.75, 3.05) is 13.7 Å². The van der Waals surface area contributed by atoms with Crippen molar-refractivity contribution in [2.45, 2.75) is 38.6 Å². The highest BCUT2D eigenvalue weighted by atomic mass is 16.5. The molecule has 0 saturated heterocycles. The van der Waals surface area contributed by atoms with Crippen molar-refractivity contribution < 1.29 is 24.0 Å². The summed E-state index contributed by atoms with van der Waals surface area (Å²) >= 11 is 0. The van der Waals surface area contributed by atoms with E-state index in [0.717, 1.165) is 12.8 Å². The number of nitrogens with one attached hydrogen (secondary N) is 1. The second-order valence-corrected chi connectivity index (χ2v) is 4.18. The van der Waals surface area contributed by atoms with E-state index < -0.39 is 24.5 Å². The van der Waals surface area contributed by atoms with Crippen molar-refractivity contribution >= 4 is 11.9 Å². The van der Waals surface area contributed by atoms with Crippen LogP contribution in [0.4, 0.5) is 0 Å². The number of aryl methyl sites for hydroxylation is 2. The van der Waals surface area contributed by atoms with Gasteiger partial charge in [-0.2, -0.15) is 4.98 Å². The fraction of sp³-hybridized carbons (Fsp3) is 0.667. The van der Waals surface area contributed by atoms with E-state index in [9.17, 15) is 9.59 Å². The number of methoxy groups -OCH3 is 1. The normalized spacial score (nSPS) is 11.9. The van der Waals surface area contributed by atoms with Crippen LogP contribution in [0.3, 0.4) is 0 Å². The van der Waals surface area contributed by atoms with Gasteiger partial charge in [0.2, 0.25) is 11.8 Å². The zero-order chi connectivity index (χ0) is 15.0. The monoisotopic (exact) mass is 285 g/mol. The van der Waals surface area contributed by atoms with Crippen molar-refractivity contribution in [1.82, 2.24) is 15.5 Å². The Balaban J connectivity index is 2.40. The SMILES string of the molecule is CCCc1noc(CCC(=O)NC(CO)C(=O)OC)n1. The van der Waals surface area contributed by atoms with Crippen LogP contribution < -0.4 is 5.32 Å². The van der Waals surface area contributed by atoms with Gasteiger partial charge in [-0.15, -0.1) is 0 Å². The summed E-state index contributed by atoms with van der Waals surface area (Å²) in [6.07, 6.45) is 2.00. The molecule has 0 aromatic carbocycles. The Morgan fingerprint density at radius 2 is 2.20 bits per heavy atom. The van der Waals surface area contributed by atoms with E-state index in [0.29, 0.717) is 11.7 Å². The minimum absolute atomic E-state index is 0.0846. The van der Waals surface area contributed by atoms with Crippen LogP contribution in [0.15, 0.2) is 4.52 Å². The van der Waals surface area contributed by atoms with Crippen molar-refractivity contribution in [2.24, 2.45) is 0 Å². The van der Waals surface area contributed by atoms with Crippen molar-refractivity contribution in [3.05, 3.63) is 11.7 Å². The number of carbonyl (C=O) groups excluding carboxylic acids is 2. The summed E-state index contributed by atoms with van der Waals surface area (Å²) in [5.41, 5.74) is 0. The summed E-state index contributed by atoms with van der Waals surface area (Å²) < 4.78 is 9.43. The lowest BCUT2D eigenvalue weighted by molar-refractivity contribution is -0.146. The van der Waals surface area contributed by atoms with Crippen LogP contribution in [-0.2, 0) is 27.2 Å². The molecule has 112 valence electrons. The van der Waals surface area contributed by atoms with Gasteiger partial charge in [0, 0.05) is 19.3 Å². The average molecular weight is 285 g/mol. The molecule has 1 rings (SSSR count). The topological polar surface area (TPSA) is 115 Å². The third-order valence-corrected chi connectivity index (χ3v) is 2.55. The molecule has 0 aliphatic rings. The quantitative estimate of drug-likeness (QED) is 0.625. The number of aliphatic hydroxyl groups is 1. The maximum Gasteiger partial charge on any atom is 0.330 e. The molecule has 0 saturated carbocycles. The first-order chi connectivity index (χ1) is 9.60. The number of nitrogens with zero attached hydrogens (tertiary/aromatic N) is 2. The molecule has 1 heterocycles. The Bertz CT molecular complexity index is 446. The number of esters is 1. The van der Waals surface area contributed by atoms with Gasteiger partial charge in [-0.05, 0) is 6.42 Å². The van der Waals surface area contributed by atoms with Gasteiger partial charge in [-0.3, -0.25) is 4.79 Å². The van der Waals surface area contributed by atoms with Crippen LogP contribution in [0.5, 0.6) is 0 Å². The average Bonchev–Trinajstić information content (AvgIpc) is 2.90. The van der Waals surface area contributed by atoms with E-state index in [-0.39, 0.29) is 12.8 Å². The molecule has 2 N–H and O–H groups in total. The van der Waals surface area contributed by atoms with Crippen LogP contribution in [0, 0.1) is 0 Å². The Kier molecular flexibility index (Phi) is 6.65. The fourth-order valence-electron chi connectivity index (χ4n) is 1.53. The summed E-state index contributed by atoms with van der Waals surface area (Å²) in [7, 11) is 1.19. The van der Waals surface area contributed by atoms with E-state index >= 15 is 0 Å². The molecule has 1 aromatic rings. The molecule has 1 aromatic heterocycles. The molecule has 0 fully saturated rings. The highest BCUT2D eigenvalue weighted by Crippen LogP contribution is 2.03. The molecule has 8 heteroatoms. The first-order valence-corrected chi connectivity index (χ1v) is 6.40. The maximum atomic E-state index is 11.6. The van der Waals surface area contributed by atoms with Crippen LogP contribution >= 0.6 is 0 Å². The Morgan fingerprint density at radius 1 is 1.45 bits per heavy atom. The molecule has 0 aliphatic heterocycles. The highest BCUT2D eigenvalue weighted by molar-refractivity contribution is 5.84. The maximum absolute atomic E-state index is 11.6. The molecule has 1 unspecified atom stereocenters. The standard InChI is InChI=1S/C12H19N3O5/c1-3-4-9-14-11(20-15-9)6-5-10(17)13-8(7-16)12(18)19-2/h8,16H,3-7H2,1-2H3,(H,13,17). The van der Waals surface area contributed by atoms with Gasteiger partial charge in [0.05, 0.1) is 13.7 Å². The Morgan fingerprint density at radius 3 is 2.80 bits per heavy atom. The van der Waals surface area contributed by atoms with Gasteiger partial charge in [-0.1, -0.05) is 12.1 Å². The molecule has 20 heavy (non-hydrogen) atoms. The lowest BCUT2D eigenvalue weighted by Gasteiger charge is -2.13. The van der Waals surface area contributed by atoms with Gasteiger partial charge < -0.3 is 19.7 Å². The zero-order valence-electron chi connectivity index (χ0n) is 11.6. The van der Waals surface area contributed by atoms with Crippen molar-refractivity contribution in [1.29, 1.82) is 0 Å². The number of carbonyl (C=O) groups is 2. The van der Waals surface area contributed by atoms with Gasteiger partial charge >= 0.3 is 5.97 Å². The van der Waals surface area contributed by atoms with Gasteiger partial charge in [-0.25, -0.2) is 4.79 Å². The first-order valence-electron chi connectivity index (χ1n) is 6.40. The highest BCUT2D eigenvalue weighted by Gasteiger charge is 2.20. The van der Waals surface area contributed by atoms with Gasteiger partial charge in [0.25, 0.3) is 0 Å². The predicted octanol–water partition coefficient (Wildman–Crippen LogP) is -0.395. The minimum Gasteiger partial charge on any atom is -0.467 e. The van der Waals surface area contributed by atoms with Crippen molar-refractivity contribution in [3.63, 3.8) is 0 Å². The number of hydrogen-bond donors (Lipinski definition) is 2. The Hall–Kier alpha value is -1.96. The van der Waals surface area contributed by atoms with Crippen LogP contribution in [0.1, 0.15) is 31.5 Å². The van der Waals surface area contributed by atoms with E-state index in [1.807, 2.05) is 6.92 Å². The number of ether oxygens (including phenoxy) is 1. The molecular weight excluding hydrogens is 266 g/mol. The lowest BCUT2D eigenvalue weighted by Crippen LogP contribution is -2.44. The second kappa shape index (κ2) is 8.26. The third kappa shape index (κ3) is 4.96. The van der Waals surface area contributed by atoms with E-state index in [4.69, 9.17) is 9.63 Å².